The fraction of sp³-hybridized carbons (Fsp3) is 0.350. The molecule has 0 unspecified atom stereocenters. The van der Waals surface area contributed by atoms with Crippen LogP contribution in [0.3, 0.4) is 0 Å². The molecule has 26 heavy (non-hydrogen) atoms. The number of hydrogen-bond donors (Lipinski definition) is 1. The minimum absolute atomic E-state index is 0.147. The molecule has 1 heterocycles. The van der Waals surface area contributed by atoms with Crippen LogP contribution in [0.25, 0.3) is 22.1 Å². The molecule has 0 bridgehead atoms. The Bertz CT molecular complexity index is 954. The van der Waals surface area contributed by atoms with E-state index in [2.05, 4.69) is 24.1 Å². The summed E-state index contributed by atoms with van der Waals surface area (Å²) in [6, 6.07) is 9.00. The van der Waals surface area contributed by atoms with Crippen LogP contribution in [-0.4, -0.2) is 36.6 Å². The molecule has 136 valence electrons. The number of amides is 1. The van der Waals surface area contributed by atoms with Gasteiger partial charge in [0, 0.05) is 6.54 Å². The summed E-state index contributed by atoms with van der Waals surface area (Å²) >= 11 is 0. The normalized spacial score (nSPS) is 11.1. The zero-order valence-corrected chi connectivity index (χ0v) is 15.5. The van der Waals surface area contributed by atoms with Crippen LogP contribution in [0.15, 0.2) is 30.3 Å². The third-order valence-electron chi connectivity index (χ3n) is 4.24. The van der Waals surface area contributed by atoms with Crippen molar-refractivity contribution in [2.75, 3.05) is 20.8 Å². The Labute approximate surface area is 152 Å². The van der Waals surface area contributed by atoms with Gasteiger partial charge in [0.25, 0.3) is 5.91 Å². The SMILES string of the molecule is COc1ccc(OC)c2nc3c(C(=O)NCCC(C)C)cccc3nc12. The Balaban J connectivity index is 2.11. The predicted molar refractivity (Wildman–Crippen MR) is 102 cm³/mol. The number of fused-ring (bicyclic) bond motifs is 2. The minimum atomic E-state index is -0.147. The maximum atomic E-state index is 12.6. The summed E-state index contributed by atoms with van der Waals surface area (Å²) in [4.78, 5) is 22.0. The van der Waals surface area contributed by atoms with Crippen molar-refractivity contribution >= 4 is 28.0 Å². The lowest BCUT2D eigenvalue weighted by Gasteiger charge is -2.12. The molecule has 1 aromatic heterocycles. The summed E-state index contributed by atoms with van der Waals surface area (Å²) < 4.78 is 10.8. The number of methoxy groups -OCH3 is 2. The van der Waals surface area contributed by atoms with E-state index in [9.17, 15) is 4.79 Å². The summed E-state index contributed by atoms with van der Waals surface area (Å²) in [7, 11) is 3.17. The average molecular weight is 353 g/mol. The lowest BCUT2D eigenvalue weighted by molar-refractivity contribution is 0.0953. The Morgan fingerprint density at radius 2 is 1.65 bits per heavy atom. The third kappa shape index (κ3) is 3.40. The standard InChI is InChI=1S/C20H23N3O3/c1-12(2)10-11-21-20(24)13-6-5-7-14-17(13)23-19-16(26-4)9-8-15(25-3)18(19)22-14/h5-9,12H,10-11H2,1-4H3,(H,21,24). The van der Waals surface area contributed by atoms with Crippen LogP contribution in [0, 0.1) is 5.92 Å². The molecule has 6 heteroatoms. The van der Waals surface area contributed by atoms with E-state index in [1.54, 1.807) is 32.4 Å². The van der Waals surface area contributed by atoms with Crippen molar-refractivity contribution in [3.63, 3.8) is 0 Å². The summed E-state index contributed by atoms with van der Waals surface area (Å²) in [6.07, 6.45) is 0.927. The van der Waals surface area contributed by atoms with E-state index in [-0.39, 0.29) is 5.91 Å². The third-order valence-corrected chi connectivity index (χ3v) is 4.24. The van der Waals surface area contributed by atoms with Gasteiger partial charge < -0.3 is 14.8 Å². The molecular formula is C20H23N3O3. The molecule has 0 saturated heterocycles. The van der Waals surface area contributed by atoms with E-state index >= 15 is 0 Å². The van der Waals surface area contributed by atoms with Gasteiger partial charge >= 0.3 is 0 Å². The fourth-order valence-corrected chi connectivity index (χ4v) is 2.81. The quantitative estimate of drug-likeness (QED) is 0.686. The van der Waals surface area contributed by atoms with Crippen LogP contribution in [0.1, 0.15) is 30.6 Å². The van der Waals surface area contributed by atoms with Crippen molar-refractivity contribution in [1.82, 2.24) is 15.3 Å². The highest BCUT2D eigenvalue weighted by Gasteiger charge is 2.16. The molecule has 0 aliphatic heterocycles. The first-order valence-electron chi connectivity index (χ1n) is 8.64. The van der Waals surface area contributed by atoms with Crippen molar-refractivity contribution in [3.8, 4) is 11.5 Å². The Morgan fingerprint density at radius 1 is 1.00 bits per heavy atom. The second-order valence-corrected chi connectivity index (χ2v) is 6.50. The number of para-hydroxylation sites is 1. The highest BCUT2D eigenvalue weighted by Crippen LogP contribution is 2.32. The second-order valence-electron chi connectivity index (χ2n) is 6.50. The molecule has 0 atom stereocenters. The Morgan fingerprint density at radius 3 is 2.27 bits per heavy atom. The molecular weight excluding hydrogens is 330 g/mol. The number of carbonyl (C=O) groups is 1. The lowest BCUT2D eigenvalue weighted by Crippen LogP contribution is -2.25. The minimum Gasteiger partial charge on any atom is -0.494 e. The van der Waals surface area contributed by atoms with Crippen molar-refractivity contribution in [2.24, 2.45) is 5.92 Å². The number of carbonyl (C=O) groups excluding carboxylic acids is 1. The van der Waals surface area contributed by atoms with E-state index in [0.717, 1.165) is 6.42 Å². The van der Waals surface area contributed by atoms with Gasteiger partial charge in [-0.05, 0) is 36.6 Å². The first kappa shape index (κ1) is 17.9. The molecule has 0 spiro atoms. The van der Waals surface area contributed by atoms with Crippen molar-refractivity contribution in [3.05, 3.63) is 35.9 Å². The van der Waals surface area contributed by atoms with Gasteiger partial charge in [0.1, 0.15) is 28.0 Å². The average Bonchev–Trinajstić information content (AvgIpc) is 2.64. The van der Waals surface area contributed by atoms with Gasteiger partial charge in [0.15, 0.2) is 0 Å². The van der Waals surface area contributed by atoms with Crippen molar-refractivity contribution in [1.29, 1.82) is 0 Å². The largest absolute Gasteiger partial charge is 0.494 e. The van der Waals surface area contributed by atoms with E-state index in [1.807, 2.05) is 12.1 Å². The van der Waals surface area contributed by atoms with Crippen LogP contribution in [0.4, 0.5) is 0 Å². The van der Waals surface area contributed by atoms with Gasteiger partial charge in [-0.2, -0.15) is 0 Å². The van der Waals surface area contributed by atoms with Gasteiger partial charge in [-0.15, -0.1) is 0 Å². The summed E-state index contributed by atoms with van der Waals surface area (Å²) in [5, 5.41) is 2.96. The van der Waals surface area contributed by atoms with E-state index in [4.69, 9.17) is 14.5 Å². The molecule has 1 N–H and O–H groups in total. The van der Waals surface area contributed by atoms with Crippen LogP contribution in [0.5, 0.6) is 11.5 Å². The zero-order valence-electron chi connectivity index (χ0n) is 15.5. The monoisotopic (exact) mass is 353 g/mol. The van der Waals surface area contributed by atoms with Crippen molar-refractivity contribution in [2.45, 2.75) is 20.3 Å². The van der Waals surface area contributed by atoms with Crippen molar-refractivity contribution < 1.29 is 14.3 Å². The van der Waals surface area contributed by atoms with E-state index in [0.29, 0.717) is 51.6 Å². The summed E-state index contributed by atoms with van der Waals surface area (Å²) in [6.45, 7) is 4.88. The van der Waals surface area contributed by atoms with Crippen LogP contribution < -0.4 is 14.8 Å². The second kappa shape index (κ2) is 7.56. The van der Waals surface area contributed by atoms with Gasteiger partial charge in [-0.3, -0.25) is 4.79 Å². The first-order chi connectivity index (χ1) is 12.5. The smallest absolute Gasteiger partial charge is 0.253 e. The van der Waals surface area contributed by atoms with E-state index < -0.39 is 0 Å². The highest BCUT2D eigenvalue weighted by molar-refractivity contribution is 6.06. The summed E-state index contributed by atoms with van der Waals surface area (Å²) in [5.41, 5.74) is 2.87. The van der Waals surface area contributed by atoms with E-state index in [1.165, 1.54) is 0 Å². The Hall–Kier alpha value is -2.89. The number of hydrogen-bond acceptors (Lipinski definition) is 5. The highest BCUT2D eigenvalue weighted by atomic mass is 16.5. The molecule has 3 aromatic rings. The number of nitrogens with one attached hydrogen (secondary N) is 1. The number of aromatic nitrogens is 2. The lowest BCUT2D eigenvalue weighted by atomic mass is 10.1. The molecule has 2 aromatic carbocycles. The topological polar surface area (TPSA) is 73.3 Å². The van der Waals surface area contributed by atoms with Gasteiger partial charge in [0.05, 0.1) is 25.3 Å². The van der Waals surface area contributed by atoms with Gasteiger partial charge in [0.2, 0.25) is 0 Å². The van der Waals surface area contributed by atoms with Crippen LogP contribution in [0.2, 0.25) is 0 Å². The number of nitrogens with zero attached hydrogens (tertiary/aromatic N) is 2. The molecule has 0 fully saturated rings. The number of ether oxygens (including phenoxy) is 2. The molecule has 0 saturated carbocycles. The number of benzene rings is 2. The number of rotatable bonds is 6. The molecule has 1 amide bonds. The van der Waals surface area contributed by atoms with Gasteiger partial charge in [-0.1, -0.05) is 19.9 Å². The molecule has 3 rings (SSSR count). The van der Waals surface area contributed by atoms with Gasteiger partial charge in [-0.25, -0.2) is 9.97 Å². The maximum Gasteiger partial charge on any atom is 0.253 e. The fourth-order valence-electron chi connectivity index (χ4n) is 2.81. The molecule has 0 aliphatic rings. The zero-order chi connectivity index (χ0) is 18.7. The van der Waals surface area contributed by atoms with Crippen LogP contribution in [-0.2, 0) is 0 Å². The predicted octanol–water partition coefficient (Wildman–Crippen LogP) is 3.58. The maximum absolute atomic E-state index is 12.6. The van der Waals surface area contributed by atoms with Crippen LogP contribution >= 0.6 is 0 Å². The first-order valence-corrected chi connectivity index (χ1v) is 8.64. The molecule has 0 radical (unpaired) electrons. The Kier molecular flexibility index (Phi) is 5.21. The molecule has 0 aliphatic carbocycles. The molecule has 6 nitrogen and oxygen atoms in total. The summed E-state index contributed by atoms with van der Waals surface area (Å²) in [5.74, 6) is 1.59.